The van der Waals surface area contributed by atoms with Gasteiger partial charge in [-0.25, -0.2) is 4.79 Å². The number of esters is 1. The van der Waals surface area contributed by atoms with Crippen LogP contribution in [-0.2, 0) is 19.1 Å². The maximum atomic E-state index is 12.8. The highest BCUT2D eigenvalue weighted by Gasteiger charge is 2.41. The normalized spacial score (nSPS) is 14.5. The summed E-state index contributed by atoms with van der Waals surface area (Å²) in [6, 6.07) is 4.75. The number of carbonyl (C=O) groups is 2. The van der Waals surface area contributed by atoms with Crippen molar-refractivity contribution in [2.75, 3.05) is 34.0 Å². The molecule has 1 aromatic rings. The summed E-state index contributed by atoms with van der Waals surface area (Å²) >= 11 is 0. The smallest absolute Gasteiger partial charge is 0.331 e. The molecule has 26 heavy (non-hydrogen) atoms. The van der Waals surface area contributed by atoms with Gasteiger partial charge in [-0.1, -0.05) is 6.07 Å². The van der Waals surface area contributed by atoms with Gasteiger partial charge in [0.2, 0.25) is 0 Å². The van der Waals surface area contributed by atoms with Gasteiger partial charge < -0.3 is 23.8 Å². The first kappa shape index (κ1) is 20.0. The third-order valence-electron chi connectivity index (χ3n) is 4.12. The average Bonchev–Trinajstić information content (AvgIpc) is 3.45. The Kier molecular flexibility index (Phi) is 7.26. The summed E-state index contributed by atoms with van der Waals surface area (Å²) in [5.74, 6) is 0.323. The number of benzene rings is 1. The lowest BCUT2D eigenvalue weighted by Gasteiger charge is -2.30. The predicted molar refractivity (Wildman–Crippen MR) is 95.4 cm³/mol. The first-order chi connectivity index (χ1) is 12.5. The van der Waals surface area contributed by atoms with Gasteiger partial charge in [0, 0.05) is 13.2 Å². The van der Waals surface area contributed by atoms with Crippen LogP contribution in [0.3, 0.4) is 0 Å². The van der Waals surface area contributed by atoms with Gasteiger partial charge in [-0.2, -0.15) is 0 Å². The van der Waals surface area contributed by atoms with E-state index in [2.05, 4.69) is 0 Å². The van der Waals surface area contributed by atoms with Crippen LogP contribution in [0.4, 0.5) is 0 Å². The third-order valence-corrected chi connectivity index (χ3v) is 4.12. The van der Waals surface area contributed by atoms with Crippen molar-refractivity contribution < 1.29 is 28.5 Å². The summed E-state index contributed by atoms with van der Waals surface area (Å²) in [4.78, 5) is 26.6. The van der Waals surface area contributed by atoms with Crippen LogP contribution in [0.15, 0.2) is 18.2 Å². The van der Waals surface area contributed by atoms with E-state index in [-0.39, 0.29) is 31.8 Å². The molecule has 1 aliphatic carbocycles. The van der Waals surface area contributed by atoms with Crippen molar-refractivity contribution in [1.82, 2.24) is 4.90 Å². The van der Waals surface area contributed by atoms with E-state index in [1.54, 1.807) is 25.0 Å². The molecule has 2 rings (SSSR count). The molecule has 7 nitrogen and oxygen atoms in total. The van der Waals surface area contributed by atoms with E-state index in [4.69, 9.17) is 18.9 Å². The van der Waals surface area contributed by atoms with E-state index in [1.165, 1.54) is 7.11 Å². The molecular weight excluding hydrogens is 338 g/mol. The van der Waals surface area contributed by atoms with Crippen LogP contribution in [0, 0.1) is 6.92 Å². The van der Waals surface area contributed by atoms with Gasteiger partial charge in [0.05, 0.1) is 20.3 Å². The van der Waals surface area contributed by atoms with Gasteiger partial charge in [0.1, 0.15) is 0 Å². The van der Waals surface area contributed by atoms with Crippen LogP contribution < -0.4 is 9.47 Å². The van der Waals surface area contributed by atoms with Gasteiger partial charge in [-0.3, -0.25) is 4.79 Å². The molecule has 0 bridgehead atoms. The minimum atomic E-state index is -0.761. The molecule has 0 radical (unpaired) electrons. The van der Waals surface area contributed by atoms with E-state index < -0.39 is 12.0 Å². The molecule has 1 amide bonds. The zero-order valence-corrected chi connectivity index (χ0v) is 15.8. The van der Waals surface area contributed by atoms with E-state index in [0.29, 0.717) is 11.5 Å². The van der Waals surface area contributed by atoms with Gasteiger partial charge in [0.15, 0.2) is 24.1 Å². The van der Waals surface area contributed by atoms with Gasteiger partial charge in [-0.15, -0.1) is 0 Å². The predicted octanol–water partition coefficient (Wildman–Crippen LogP) is 1.95. The molecule has 0 unspecified atom stereocenters. The Morgan fingerprint density at radius 2 is 1.96 bits per heavy atom. The van der Waals surface area contributed by atoms with Crippen LogP contribution in [0.1, 0.15) is 25.3 Å². The Morgan fingerprint density at radius 3 is 2.54 bits per heavy atom. The Labute approximate surface area is 154 Å². The maximum Gasteiger partial charge on any atom is 0.331 e. The maximum absolute atomic E-state index is 12.8. The molecule has 1 aromatic carbocycles. The Hall–Kier alpha value is -2.28. The van der Waals surface area contributed by atoms with Gasteiger partial charge >= 0.3 is 5.97 Å². The highest BCUT2D eigenvalue weighted by molar-refractivity contribution is 5.86. The van der Waals surface area contributed by atoms with Crippen molar-refractivity contribution in [2.24, 2.45) is 0 Å². The molecule has 1 fully saturated rings. The Bertz CT molecular complexity index is 628. The highest BCUT2D eigenvalue weighted by Crippen LogP contribution is 2.31. The second kappa shape index (κ2) is 9.43. The van der Waals surface area contributed by atoms with E-state index >= 15 is 0 Å². The average molecular weight is 365 g/mol. The lowest BCUT2D eigenvalue weighted by Crippen LogP contribution is -2.51. The molecule has 0 aromatic heterocycles. The topological polar surface area (TPSA) is 74.3 Å². The Morgan fingerprint density at radius 1 is 1.23 bits per heavy atom. The number of nitrogens with zero attached hydrogens (tertiary/aromatic N) is 1. The van der Waals surface area contributed by atoms with Crippen molar-refractivity contribution >= 4 is 11.9 Å². The van der Waals surface area contributed by atoms with Crippen molar-refractivity contribution in [3.63, 3.8) is 0 Å². The molecule has 1 aliphatic rings. The molecule has 0 N–H and O–H groups in total. The number of hydrogen-bond acceptors (Lipinski definition) is 6. The second-order valence-corrected chi connectivity index (χ2v) is 6.20. The molecule has 0 aliphatic heterocycles. The summed E-state index contributed by atoms with van der Waals surface area (Å²) in [5.41, 5.74) is 1.03. The number of rotatable bonds is 10. The van der Waals surface area contributed by atoms with E-state index in [0.717, 1.165) is 18.4 Å². The number of aryl methyl sites for hydroxylation is 1. The van der Waals surface area contributed by atoms with Crippen molar-refractivity contribution in [3.05, 3.63) is 23.8 Å². The number of ether oxygens (including phenoxy) is 4. The van der Waals surface area contributed by atoms with Gasteiger partial charge in [0.25, 0.3) is 5.91 Å². The summed E-state index contributed by atoms with van der Waals surface area (Å²) in [6.45, 7) is 3.84. The lowest BCUT2D eigenvalue weighted by atomic mass is 10.2. The van der Waals surface area contributed by atoms with Crippen molar-refractivity contribution in [2.45, 2.75) is 38.8 Å². The standard InChI is InChI=1S/C19H27NO6/c1-5-25-19(22)15(11-23-3)20(14-7-8-14)18(21)12-26-16-9-6-13(2)10-17(16)24-4/h6,9-10,14-15H,5,7-8,11-12H2,1-4H3/t15-/m1/s1. The summed E-state index contributed by atoms with van der Waals surface area (Å²) in [5, 5.41) is 0. The van der Waals surface area contributed by atoms with Gasteiger partial charge in [-0.05, 0) is 44.4 Å². The molecule has 144 valence electrons. The zero-order valence-electron chi connectivity index (χ0n) is 15.8. The fourth-order valence-corrected chi connectivity index (χ4v) is 2.75. The van der Waals surface area contributed by atoms with Crippen LogP contribution >= 0.6 is 0 Å². The number of carbonyl (C=O) groups excluding carboxylic acids is 2. The lowest BCUT2D eigenvalue weighted by molar-refractivity contribution is -0.158. The summed E-state index contributed by atoms with van der Waals surface area (Å²) < 4.78 is 21.2. The van der Waals surface area contributed by atoms with Crippen LogP contribution in [0.25, 0.3) is 0 Å². The van der Waals surface area contributed by atoms with Crippen LogP contribution in [0.2, 0.25) is 0 Å². The fraction of sp³-hybridized carbons (Fsp3) is 0.579. The van der Waals surface area contributed by atoms with Crippen molar-refractivity contribution in [3.8, 4) is 11.5 Å². The summed E-state index contributed by atoms with van der Waals surface area (Å²) in [7, 11) is 3.05. The van der Waals surface area contributed by atoms with Crippen molar-refractivity contribution in [1.29, 1.82) is 0 Å². The number of hydrogen-bond donors (Lipinski definition) is 0. The SMILES string of the molecule is CCOC(=O)[C@@H](COC)N(C(=O)COc1ccc(C)cc1OC)C1CC1. The zero-order chi connectivity index (χ0) is 19.1. The quantitative estimate of drug-likeness (QED) is 0.590. The van der Waals surface area contributed by atoms with Crippen LogP contribution in [-0.4, -0.2) is 62.9 Å². The number of methoxy groups -OCH3 is 2. The minimum Gasteiger partial charge on any atom is -0.493 e. The summed E-state index contributed by atoms with van der Waals surface area (Å²) in [6.07, 6.45) is 1.72. The van der Waals surface area contributed by atoms with E-state index in [1.807, 2.05) is 19.1 Å². The van der Waals surface area contributed by atoms with E-state index in [9.17, 15) is 9.59 Å². The largest absolute Gasteiger partial charge is 0.493 e. The minimum absolute atomic E-state index is 0.0237. The first-order valence-electron chi connectivity index (χ1n) is 8.76. The molecule has 0 heterocycles. The first-order valence-corrected chi connectivity index (χ1v) is 8.76. The second-order valence-electron chi connectivity index (χ2n) is 6.20. The Balaban J connectivity index is 2.09. The third kappa shape index (κ3) is 5.11. The van der Waals surface area contributed by atoms with Crippen LogP contribution in [0.5, 0.6) is 11.5 Å². The molecule has 0 saturated heterocycles. The molecule has 1 atom stereocenters. The monoisotopic (exact) mass is 365 g/mol. The molecule has 0 spiro atoms. The molecule has 7 heteroatoms. The highest BCUT2D eigenvalue weighted by atomic mass is 16.5. The molecular formula is C19H27NO6. The molecule has 1 saturated carbocycles. The number of amides is 1. The fourth-order valence-electron chi connectivity index (χ4n) is 2.75.